The van der Waals surface area contributed by atoms with Crippen molar-refractivity contribution in [3.05, 3.63) is 17.5 Å². The van der Waals surface area contributed by atoms with Gasteiger partial charge in [-0.15, -0.1) is 0 Å². The van der Waals surface area contributed by atoms with Crippen LogP contribution in [0, 0.1) is 6.92 Å². The van der Waals surface area contributed by atoms with Crippen LogP contribution in [0.15, 0.2) is 6.20 Å². The van der Waals surface area contributed by atoms with Crippen LogP contribution >= 0.6 is 0 Å². The van der Waals surface area contributed by atoms with E-state index < -0.39 is 5.97 Å². The first-order valence-corrected chi connectivity index (χ1v) is 6.85. The highest BCUT2D eigenvalue weighted by molar-refractivity contribution is 6.04. The molecular formula is C14H20N4O2. The number of carboxylic acid groups (broad SMARTS) is 1. The van der Waals surface area contributed by atoms with Crippen molar-refractivity contribution >= 4 is 22.7 Å². The van der Waals surface area contributed by atoms with Crippen molar-refractivity contribution in [2.24, 2.45) is 7.05 Å². The number of aromatic nitrogens is 3. The van der Waals surface area contributed by atoms with E-state index in [9.17, 15) is 9.90 Å². The van der Waals surface area contributed by atoms with E-state index in [0.717, 1.165) is 36.9 Å². The number of unbranched alkanes of at least 4 members (excludes halogenated alkanes) is 2. The van der Waals surface area contributed by atoms with Gasteiger partial charge in [-0.3, -0.25) is 4.68 Å². The van der Waals surface area contributed by atoms with Crippen molar-refractivity contribution in [1.29, 1.82) is 0 Å². The van der Waals surface area contributed by atoms with Gasteiger partial charge in [-0.25, -0.2) is 9.78 Å². The van der Waals surface area contributed by atoms with E-state index in [2.05, 4.69) is 22.3 Å². The van der Waals surface area contributed by atoms with E-state index in [0.29, 0.717) is 11.3 Å². The number of carbonyl (C=O) groups is 1. The second-order valence-electron chi connectivity index (χ2n) is 4.89. The molecule has 20 heavy (non-hydrogen) atoms. The number of hydrogen-bond acceptors (Lipinski definition) is 4. The number of aryl methyl sites for hydroxylation is 2. The number of aromatic carboxylic acids is 1. The third kappa shape index (κ3) is 2.59. The Bertz CT molecular complexity index is 634. The van der Waals surface area contributed by atoms with Crippen molar-refractivity contribution in [2.75, 3.05) is 11.9 Å². The highest BCUT2D eigenvalue weighted by atomic mass is 16.4. The number of anilines is 1. The summed E-state index contributed by atoms with van der Waals surface area (Å²) in [6.45, 7) is 4.76. The number of carboxylic acids is 1. The van der Waals surface area contributed by atoms with Crippen molar-refractivity contribution in [3.8, 4) is 0 Å². The zero-order chi connectivity index (χ0) is 14.7. The monoisotopic (exact) mass is 276 g/mol. The zero-order valence-corrected chi connectivity index (χ0v) is 12.1. The summed E-state index contributed by atoms with van der Waals surface area (Å²) in [6.07, 6.45) is 4.66. The lowest BCUT2D eigenvalue weighted by Crippen LogP contribution is -2.09. The normalized spacial score (nSPS) is 10.9. The Morgan fingerprint density at radius 1 is 1.45 bits per heavy atom. The molecule has 0 spiro atoms. The highest BCUT2D eigenvalue weighted by Gasteiger charge is 2.18. The number of nitrogens with zero attached hydrogens (tertiary/aromatic N) is 3. The van der Waals surface area contributed by atoms with Crippen LogP contribution in [-0.2, 0) is 7.05 Å². The Morgan fingerprint density at radius 3 is 2.85 bits per heavy atom. The fraction of sp³-hybridized carbons (Fsp3) is 0.500. The van der Waals surface area contributed by atoms with E-state index in [1.807, 2.05) is 14.0 Å². The SMILES string of the molecule is CCCCCNc1c(C(=O)O)cnc2c1c(C)nn2C. The lowest BCUT2D eigenvalue weighted by molar-refractivity contribution is 0.0697. The van der Waals surface area contributed by atoms with Gasteiger partial charge < -0.3 is 10.4 Å². The van der Waals surface area contributed by atoms with Crippen LogP contribution in [-0.4, -0.2) is 32.4 Å². The standard InChI is InChI=1S/C14H20N4O2/c1-4-5-6-7-15-12-10(14(19)20)8-16-13-11(12)9(2)17-18(13)3/h8H,4-7H2,1-3H3,(H,15,16)(H,19,20). The van der Waals surface area contributed by atoms with E-state index in [4.69, 9.17) is 0 Å². The molecule has 2 heterocycles. The summed E-state index contributed by atoms with van der Waals surface area (Å²) in [4.78, 5) is 15.6. The maximum atomic E-state index is 11.4. The van der Waals surface area contributed by atoms with Crippen LogP contribution < -0.4 is 5.32 Å². The maximum Gasteiger partial charge on any atom is 0.339 e. The quantitative estimate of drug-likeness (QED) is 0.793. The molecule has 2 rings (SSSR count). The lowest BCUT2D eigenvalue weighted by atomic mass is 10.1. The minimum Gasteiger partial charge on any atom is -0.478 e. The predicted octanol–water partition coefficient (Wildman–Crippen LogP) is 2.58. The fourth-order valence-electron chi connectivity index (χ4n) is 2.35. The van der Waals surface area contributed by atoms with Crippen LogP contribution in [0.1, 0.15) is 42.2 Å². The largest absolute Gasteiger partial charge is 0.478 e. The predicted molar refractivity (Wildman–Crippen MR) is 78.2 cm³/mol. The average Bonchev–Trinajstić information content (AvgIpc) is 2.70. The molecule has 2 aromatic rings. The summed E-state index contributed by atoms with van der Waals surface area (Å²) < 4.78 is 1.67. The molecule has 0 amide bonds. The van der Waals surface area contributed by atoms with Gasteiger partial charge in [-0.05, 0) is 13.3 Å². The van der Waals surface area contributed by atoms with Crippen molar-refractivity contribution in [3.63, 3.8) is 0 Å². The molecule has 0 saturated heterocycles. The van der Waals surface area contributed by atoms with Gasteiger partial charge >= 0.3 is 5.97 Å². The van der Waals surface area contributed by atoms with Gasteiger partial charge in [0.15, 0.2) is 5.65 Å². The van der Waals surface area contributed by atoms with Gasteiger partial charge in [0.25, 0.3) is 0 Å². The first-order chi connectivity index (χ1) is 9.56. The molecule has 0 aliphatic heterocycles. The molecule has 0 radical (unpaired) electrons. The number of fused-ring (bicyclic) bond motifs is 1. The first kappa shape index (κ1) is 14.3. The Kier molecular flexibility index (Phi) is 4.22. The van der Waals surface area contributed by atoms with Gasteiger partial charge in [-0.1, -0.05) is 19.8 Å². The van der Waals surface area contributed by atoms with Crippen molar-refractivity contribution in [2.45, 2.75) is 33.1 Å². The summed E-state index contributed by atoms with van der Waals surface area (Å²) in [5.74, 6) is -0.972. The van der Waals surface area contributed by atoms with Crippen LogP contribution in [0.2, 0.25) is 0 Å². The number of pyridine rings is 1. The van der Waals surface area contributed by atoms with Gasteiger partial charge in [0, 0.05) is 19.8 Å². The number of hydrogen-bond donors (Lipinski definition) is 2. The van der Waals surface area contributed by atoms with Crippen LogP contribution in [0.5, 0.6) is 0 Å². The topological polar surface area (TPSA) is 80.0 Å². The minimum absolute atomic E-state index is 0.199. The Morgan fingerprint density at radius 2 is 2.20 bits per heavy atom. The van der Waals surface area contributed by atoms with Crippen LogP contribution in [0.25, 0.3) is 11.0 Å². The molecule has 2 N–H and O–H groups in total. The van der Waals surface area contributed by atoms with E-state index in [1.54, 1.807) is 4.68 Å². The first-order valence-electron chi connectivity index (χ1n) is 6.85. The van der Waals surface area contributed by atoms with Gasteiger partial charge in [-0.2, -0.15) is 5.10 Å². The molecule has 0 aliphatic carbocycles. The van der Waals surface area contributed by atoms with Crippen molar-refractivity contribution in [1.82, 2.24) is 14.8 Å². The smallest absolute Gasteiger partial charge is 0.339 e. The van der Waals surface area contributed by atoms with Gasteiger partial charge in [0.2, 0.25) is 0 Å². The van der Waals surface area contributed by atoms with Gasteiger partial charge in [0.05, 0.1) is 16.8 Å². The Balaban J connectivity index is 2.45. The summed E-state index contributed by atoms with van der Waals surface area (Å²) in [5.41, 5.74) is 2.32. The summed E-state index contributed by atoms with van der Waals surface area (Å²) in [7, 11) is 1.81. The zero-order valence-electron chi connectivity index (χ0n) is 12.1. The van der Waals surface area contributed by atoms with E-state index >= 15 is 0 Å². The second kappa shape index (κ2) is 5.90. The van der Waals surface area contributed by atoms with Gasteiger partial charge in [0.1, 0.15) is 5.56 Å². The molecule has 108 valence electrons. The average molecular weight is 276 g/mol. The molecule has 0 unspecified atom stereocenters. The number of nitrogens with one attached hydrogen (secondary N) is 1. The molecule has 0 saturated carbocycles. The van der Waals surface area contributed by atoms with Crippen molar-refractivity contribution < 1.29 is 9.90 Å². The highest BCUT2D eigenvalue weighted by Crippen LogP contribution is 2.28. The Hall–Kier alpha value is -2.11. The number of rotatable bonds is 6. The third-order valence-electron chi connectivity index (χ3n) is 3.34. The molecule has 2 aromatic heterocycles. The van der Waals surface area contributed by atoms with E-state index in [-0.39, 0.29) is 5.56 Å². The molecule has 6 heteroatoms. The fourth-order valence-corrected chi connectivity index (χ4v) is 2.35. The molecule has 6 nitrogen and oxygen atoms in total. The summed E-state index contributed by atoms with van der Waals surface area (Å²) in [6, 6.07) is 0. The lowest BCUT2D eigenvalue weighted by Gasteiger charge is -2.11. The second-order valence-corrected chi connectivity index (χ2v) is 4.89. The molecule has 0 aliphatic rings. The Labute approximate surface area is 117 Å². The van der Waals surface area contributed by atoms with Crippen LogP contribution in [0.3, 0.4) is 0 Å². The summed E-state index contributed by atoms with van der Waals surface area (Å²) >= 11 is 0. The minimum atomic E-state index is -0.972. The third-order valence-corrected chi connectivity index (χ3v) is 3.34. The molecule has 0 bridgehead atoms. The van der Waals surface area contributed by atoms with Crippen LogP contribution in [0.4, 0.5) is 5.69 Å². The molecule has 0 atom stereocenters. The van der Waals surface area contributed by atoms with E-state index in [1.165, 1.54) is 6.20 Å². The molecule has 0 aromatic carbocycles. The summed E-state index contributed by atoms with van der Waals surface area (Å²) in [5, 5.41) is 17.7. The molecule has 0 fully saturated rings. The molecular weight excluding hydrogens is 256 g/mol. The maximum absolute atomic E-state index is 11.4.